The molecule has 1 saturated heterocycles. The van der Waals surface area contributed by atoms with Crippen molar-refractivity contribution in [1.82, 2.24) is 9.88 Å². The van der Waals surface area contributed by atoms with E-state index in [0.29, 0.717) is 5.69 Å². The average Bonchev–Trinajstić information content (AvgIpc) is 2.78. The summed E-state index contributed by atoms with van der Waals surface area (Å²) in [6.07, 6.45) is -1.13. The maximum absolute atomic E-state index is 15.4. The number of halogens is 3. The first kappa shape index (κ1) is 24.3. The minimum atomic E-state index is -3.89. The number of amides is 1. The van der Waals surface area contributed by atoms with Crippen LogP contribution in [0.25, 0.3) is 10.9 Å². The van der Waals surface area contributed by atoms with Crippen molar-refractivity contribution < 1.29 is 27.5 Å². The molecule has 2 atom stereocenters. The molecule has 1 fully saturated rings. The molecule has 0 radical (unpaired) electrons. The highest BCUT2D eigenvalue weighted by Crippen LogP contribution is 2.53. The van der Waals surface area contributed by atoms with Crippen LogP contribution >= 0.6 is 27.5 Å². The molecule has 0 bridgehead atoms. The van der Waals surface area contributed by atoms with E-state index in [1.807, 2.05) is 31.6 Å². The monoisotopic (exact) mass is 586 g/mol. The highest BCUT2D eigenvalue weighted by atomic mass is 79.9. The molecule has 1 amide bonds. The van der Waals surface area contributed by atoms with Gasteiger partial charge in [0.1, 0.15) is 22.8 Å². The molecule has 1 N–H and O–H groups in total. The Labute approximate surface area is 214 Å². The summed E-state index contributed by atoms with van der Waals surface area (Å²) in [5, 5.41) is 9.85. The molecule has 0 aliphatic carbocycles. The van der Waals surface area contributed by atoms with E-state index >= 15 is 4.39 Å². The molecule has 3 aliphatic heterocycles. The molecule has 2 aromatic rings. The van der Waals surface area contributed by atoms with Crippen molar-refractivity contribution in [3.8, 4) is 0 Å². The first-order valence-corrected chi connectivity index (χ1v) is 13.6. The lowest BCUT2D eigenvalue weighted by atomic mass is 9.81. The van der Waals surface area contributed by atoms with Crippen LogP contribution in [-0.4, -0.2) is 72.9 Å². The molecular formula is C22H21BrClFN4O5S. The number of hydrogen-bond donors (Lipinski definition) is 1. The highest BCUT2D eigenvalue weighted by molar-refractivity contribution is 9.10. The largest absolute Gasteiger partial charge is 0.465 e. The van der Waals surface area contributed by atoms with Crippen LogP contribution in [0.15, 0.2) is 21.3 Å². The number of piperazine rings is 1. The Morgan fingerprint density at radius 3 is 2.60 bits per heavy atom. The SMILES string of the molecule is CC(C)(C)[C@@H]1CN(C(=O)O)CC2C(=C=O)N3CCS(=O)(=O)c4nc5c(F)c(Br)c(Cl)cc5c(c43)N21. The van der Waals surface area contributed by atoms with E-state index in [2.05, 4.69) is 20.9 Å². The molecule has 186 valence electrons. The summed E-state index contributed by atoms with van der Waals surface area (Å²) in [6, 6.07) is 0.258. The fraction of sp³-hybridized carbons (Fsp3) is 0.455. The quantitative estimate of drug-likeness (QED) is 0.367. The first-order valence-electron chi connectivity index (χ1n) is 10.8. The number of pyridine rings is 1. The Hall–Kier alpha value is -2.40. The summed E-state index contributed by atoms with van der Waals surface area (Å²) in [5.74, 6) is 0.808. The fourth-order valence-corrected chi connectivity index (χ4v) is 7.05. The number of carbonyl (C=O) groups is 1. The van der Waals surface area contributed by atoms with Gasteiger partial charge in [-0.25, -0.2) is 27.4 Å². The second kappa shape index (κ2) is 7.80. The Kier molecular flexibility index (Phi) is 5.41. The van der Waals surface area contributed by atoms with E-state index in [4.69, 9.17) is 11.6 Å². The third kappa shape index (κ3) is 3.45. The van der Waals surface area contributed by atoms with Crippen LogP contribution in [0.3, 0.4) is 0 Å². The Balaban J connectivity index is 1.96. The number of carboxylic acid groups (broad SMARTS) is 1. The topological polar surface area (TPSA) is 111 Å². The second-order valence-electron chi connectivity index (χ2n) is 9.95. The van der Waals surface area contributed by atoms with E-state index in [0.717, 1.165) is 0 Å². The maximum atomic E-state index is 15.4. The van der Waals surface area contributed by atoms with Crippen molar-refractivity contribution in [2.24, 2.45) is 5.41 Å². The van der Waals surface area contributed by atoms with Crippen molar-refractivity contribution in [3.05, 3.63) is 27.1 Å². The number of fused-ring (bicyclic) bond motifs is 4. The number of nitrogens with zero attached hydrogens (tertiary/aromatic N) is 4. The number of carbonyl (C=O) groups excluding carboxylic acids is 1. The summed E-state index contributed by atoms with van der Waals surface area (Å²) in [5.41, 5.74) is -0.0228. The highest BCUT2D eigenvalue weighted by Gasteiger charge is 2.52. The lowest BCUT2D eigenvalue weighted by molar-refractivity contribution is 0.109. The summed E-state index contributed by atoms with van der Waals surface area (Å²) >= 11 is 9.43. The van der Waals surface area contributed by atoms with Gasteiger partial charge in [-0.05, 0) is 27.4 Å². The second-order valence-corrected chi connectivity index (χ2v) is 13.2. The molecule has 4 heterocycles. The van der Waals surface area contributed by atoms with Gasteiger partial charge in [-0.15, -0.1) is 0 Å². The van der Waals surface area contributed by atoms with Crippen LogP contribution < -0.4 is 9.80 Å². The molecule has 1 aromatic carbocycles. The first-order chi connectivity index (χ1) is 16.3. The summed E-state index contributed by atoms with van der Waals surface area (Å²) in [6.45, 7) is 5.79. The Bertz CT molecular complexity index is 1470. The van der Waals surface area contributed by atoms with Crippen molar-refractivity contribution >= 4 is 71.7 Å². The minimum absolute atomic E-state index is 0.0373. The zero-order chi connectivity index (χ0) is 25.6. The Morgan fingerprint density at radius 1 is 1.31 bits per heavy atom. The standard InChI is InChI=1S/C22H21BrClFN4O5S/c1-22(2,3)14-8-27(21(31)32)7-12-13(9-30)28-4-5-35(33,34)20-19(28)18(29(12)14)10-6-11(24)15(23)16(25)17(10)26-20/h6,12,14H,4-5,7-8H2,1-3H3,(H,31,32)/t12?,14-/m0/s1. The molecule has 1 aromatic heterocycles. The van der Waals surface area contributed by atoms with Gasteiger partial charge in [-0.3, -0.25) is 0 Å². The van der Waals surface area contributed by atoms with Crippen molar-refractivity contribution in [2.75, 3.05) is 35.2 Å². The molecule has 9 nitrogen and oxygen atoms in total. The third-order valence-corrected chi connectivity index (χ3v) is 9.77. The molecule has 35 heavy (non-hydrogen) atoms. The van der Waals surface area contributed by atoms with Crippen LogP contribution in [0.2, 0.25) is 5.02 Å². The molecule has 3 aliphatic rings. The number of sulfone groups is 1. The van der Waals surface area contributed by atoms with Gasteiger partial charge in [-0.1, -0.05) is 32.4 Å². The van der Waals surface area contributed by atoms with E-state index in [-0.39, 0.29) is 62.2 Å². The van der Waals surface area contributed by atoms with Gasteiger partial charge in [-0.2, -0.15) is 0 Å². The number of hydrogen-bond acceptors (Lipinski definition) is 7. The van der Waals surface area contributed by atoms with Gasteiger partial charge in [0.05, 0.1) is 39.6 Å². The van der Waals surface area contributed by atoms with Crippen molar-refractivity contribution in [3.63, 3.8) is 0 Å². The molecule has 5 rings (SSSR count). The normalized spacial score (nSPS) is 23.1. The predicted molar refractivity (Wildman–Crippen MR) is 132 cm³/mol. The van der Waals surface area contributed by atoms with Gasteiger partial charge >= 0.3 is 6.09 Å². The lowest BCUT2D eigenvalue weighted by Crippen LogP contribution is -2.67. The smallest absolute Gasteiger partial charge is 0.407 e. The van der Waals surface area contributed by atoms with Crippen LogP contribution in [0.1, 0.15) is 20.8 Å². The third-order valence-electron chi connectivity index (χ3n) is 6.88. The molecule has 0 saturated carbocycles. The van der Waals surface area contributed by atoms with E-state index in [1.165, 1.54) is 15.9 Å². The fourth-order valence-electron chi connectivity index (χ4n) is 5.21. The van der Waals surface area contributed by atoms with Gasteiger partial charge in [0, 0.05) is 18.5 Å². The van der Waals surface area contributed by atoms with Crippen LogP contribution in [0.5, 0.6) is 0 Å². The number of anilines is 2. The van der Waals surface area contributed by atoms with E-state index in [1.54, 1.807) is 0 Å². The predicted octanol–water partition coefficient (Wildman–Crippen LogP) is 3.70. The summed E-state index contributed by atoms with van der Waals surface area (Å²) in [7, 11) is -3.89. The number of rotatable bonds is 0. The molecule has 1 unspecified atom stereocenters. The lowest BCUT2D eigenvalue weighted by Gasteiger charge is -2.56. The molecule has 13 heteroatoms. The average molecular weight is 588 g/mol. The van der Waals surface area contributed by atoms with Crippen LogP contribution in [0.4, 0.5) is 20.6 Å². The summed E-state index contributed by atoms with van der Waals surface area (Å²) in [4.78, 5) is 33.2. The van der Waals surface area contributed by atoms with Crippen molar-refractivity contribution in [1.29, 1.82) is 0 Å². The van der Waals surface area contributed by atoms with Gasteiger partial charge in [0.2, 0.25) is 0 Å². The maximum Gasteiger partial charge on any atom is 0.407 e. The number of benzene rings is 1. The van der Waals surface area contributed by atoms with E-state index < -0.39 is 39.2 Å². The van der Waals surface area contributed by atoms with Gasteiger partial charge < -0.3 is 19.8 Å². The Morgan fingerprint density at radius 2 is 2.00 bits per heavy atom. The van der Waals surface area contributed by atoms with Crippen molar-refractivity contribution in [2.45, 2.75) is 37.9 Å². The zero-order valence-electron chi connectivity index (χ0n) is 19.0. The summed E-state index contributed by atoms with van der Waals surface area (Å²) < 4.78 is 41.6. The van der Waals surface area contributed by atoms with Gasteiger partial charge in [0.15, 0.2) is 20.7 Å². The number of aromatic nitrogens is 1. The van der Waals surface area contributed by atoms with Crippen LogP contribution in [-0.2, 0) is 14.6 Å². The van der Waals surface area contributed by atoms with E-state index in [9.17, 15) is 23.1 Å². The van der Waals surface area contributed by atoms with Gasteiger partial charge in [0.25, 0.3) is 0 Å². The zero-order valence-corrected chi connectivity index (χ0v) is 22.1. The van der Waals surface area contributed by atoms with Crippen LogP contribution in [0, 0.1) is 11.2 Å². The minimum Gasteiger partial charge on any atom is -0.465 e. The molecular weight excluding hydrogens is 567 g/mol. The molecule has 0 spiro atoms.